The van der Waals surface area contributed by atoms with Crippen LogP contribution in [0.15, 0.2) is 77.6 Å². The van der Waals surface area contributed by atoms with Crippen molar-refractivity contribution in [3.8, 4) is 11.5 Å². The largest absolute Gasteiger partial charge is 0.497 e. The predicted molar refractivity (Wildman–Crippen MR) is 147 cm³/mol. The zero-order valence-corrected chi connectivity index (χ0v) is 22.1. The monoisotopic (exact) mass is 484 g/mol. The fraction of sp³-hybridized carbons (Fsp3) is 0.323. The van der Waals surface area contributed by atoms with Crippen molar-refractivity contribution in [1.29, 1.82) is 0 Å². The zero-order valence-electron chi connectivity index (χ0n) is 22.1. The fourth-order valence-corrected chi connectivity index (χ4v) is 4.46. The molecule has 0 unspecified atom stereocenters. The summed E-state index contributed by atoms with van der Waals surface area (Å²) in [6.45, 7) is 10.1. The molecule has 0 radical (unpaired) electrons. The molecule has 1 N–H and O–H groups in total. The van der Waals surface area contributed by atoms with Gasteiger partial charge in [0.25, 0.3) is 5.56 Å². The normalized spacial score (nSPS) is 12.6. The van der Waals surface area contributed by atoms with Gasteiger partial charge in [-0.1, -0.05) is 57.2 Å². The van der Waals surface area contributed by atoms with Crippen LogP contribution in [0.1, 0.15) is 56.0 Å². The van der Waals surface area contributed by atoms with E-state index in [0.29, 0.717) is 13.1 Å². The molecule has 0 bridgehead atoms. The molecular weight excluding hydrogens is 448 g/mol. The smallest absolute Gasteiger partial charge is 0.252 e. The van der Waals surface area contributed by atoms with Gasteiger partial charge in [0.1, 0.15) is 11.5 Å². The van der Waals surface area contributed by atoms with Crippen LogP contribution < -0.4 is 15.0 Å². The SMILES string of the molecule is COc1ccc([C@H](C)N(Cc2ccc(C(C)(C)C)cc2)Cc2cc3cc(OC)ccc3[nH]c2=O)cc1. The van der Waals surface area contributed by atoms with E-state index in [-0.39, 0.29) is 17.0 Å². The quantitative estimate of drug-likeness (QED) is 0.306. The molecule has 0 fully saturated rings. The van der Waals surface area contributed by atoms with Gasteiger partial charge < -0.3 is 14.5 Å². The average Bonchev–Trinajstić information content (AvgIpc) is 2.87. The van der Waals surface area contributed by atoms with Gasteiger partial charge in [0.2, 0.25) is 0 Å². The lowest BCUT2D eigenvalue weighted by molar-refractivity contribution is 0.191. The first kappa shape index (κ1) is 25.5. The Labute approximate surface area is 213 Å². The summed E-state index contributed by atoms with van der Waals surface area (Å²) in [4.78, 5) is 18.4. The molecule has 5 nitrogen and oxygen atoms in total. The molecule has 4 rings (SSSR count). The minimum atomic E-state index is -0.0670. The number of fused-ring (bicyclic) bond motifs is 1. The van der Waals surface area contributed by atoms with Crippen LogP contribution in [-0.4, -0.2) is 24.1 Å². The number of aromatic amines is 1. The zero-order chi connectivity index (χ0) is 25.9. The summed E-state index contributed by atoms with van der Waals surface area (Å²) in [6.07, 6.45) is 0. The first-order chi connectivity index (χ1) is 17.2. The number of H-pyrrole nitrogens is 1. The van der Waals surface area contributed by atoms with Crippen molar-refractivity contribution in [1.82, 2.24) is 9.88 Å². The van der Waals surface area contributed by atoms with Crippen molar-refractivity contribution in [3.63, 3.8) is 0 Å². The summed E-state index contributed by atoms with van der Waals surface area (Å²) < 4.78 is 10.7. The molecule has 4 aromatic rings. The number of hydrogen-bond donors (Lipinski definition) is 1. The van der Waals surface area contributed by atoms with Gasteiger partial charge in [0.05, 0.1) is 14.2 Å². The van der Waals surface area contributed by atoms with E-state index >= 15 is 0 Å². The molecule has 1 atom stereocenters. The topological polar surface area (TPSA) is 54.6 Å². The summed E-state index contributed by atoms with van der Waals surface area (Å²) in [6, 6.07) is 24.7. The molecule has 0 aliphatic rings. The Morgan fingerprint density at radius 1 is 0.833 bits per heavy atom. The minimum absolute atomic E-state index is 0.0670. The molecule has 188 valence electrons. The van der Waals surface area contributed by atoms with Crippen molar-refractivity contribution in [2.24, 2.45) is 0 Å². The van der Waals surface area contributed by atoms with Gasteiger partial charge in [-0.3, -0.25) is 9.69 Å². The molecule has 5 heteroatoms. The Kier molecular flexibility index (Phi) is 7.51. The first-order valence-electron chi connectivity index (χ1n) is 12.4. The third-order valence-corrected chi connectivity index (χ3v) is 6.85. The van der Waals surface area contributed by atoms with Gasteiger partial charge in [-0.15, -0.1) is 0 Å². The highest BCUT2D eigenvalue weighted by atomic mass is 16.5. The number of hydrogen-bond acceptors (Lipinski definition) is 4. The number of ether oxygens (including phenoxy) is 2. The molecule has 0 aliphatic heterocycles. The van der Waals surface area contributed by atoms with Crippen molar-refractivity contribution < 1.29 is 9.47 Å². The van der Waals surface area contributed by atoms with Gasteiger partial charge >= 0.3 is 0 Å². The van der Waals surface area contributed by atoms with Crippen LogP contribution in [0.3, 0.4) is 0 Å². The lowest BCUT2D eigenvalue weighted by Gasteiger charge is -2.30. The minimum Gasteiger partial charge on any atom is -0.497 e. The third-order valence-electron chi connectivity index (χ3n) is 6.85. The number of pyridine rings is 1. The predicted octanol–water partition coefficient (Wildman–Crippen LogP) is 6.61. The summed E-state index contributed by atoms with van der Waals surface area (Å²) in [5.74, 6) is 1.60. The van der Waals surface area contributed by atoms with Crippen molar-refractivity contribution in [3.05, 3.63) is 105 Å². The summed E-state index contributed by atoms with van der Waals surface area (Å²) in [5, 5.41) is 0.954. The molecule has 1 heterocycles. The van der Waals surface area contributed by atoms with E-state index < -0.39 is 0 Å². The van der Waals surface area contributed by atoms with Crippen molar-refractivity contribution >= 4 is 10.9 Å². The van der Waals surface area contributed by atoms with Gasteiger partial charge in [-0.2, -0.15) is 0 Å². The summed E-state index contributed by atoms with van der Waals surface area (Å²) in [7, 11) is 3.32. The maximum atomic E-state index is 13.0. The Morgan fingerprint density at radius 3 is 2.08 bits per heavy atom. The fourth-order valence-electron chi connectivity index (χ4n) is 4.46. The molecule has 0 spiro atoms. The average molecular weight is 485 g/mol. The molecule has 0 saturated carbocycles. The maximum absolute atomic E-state index is 13.0. The Hall–Kier alpha value is -3.57. The van der Waals surface area contributed by atoms with Crippen LogP contribution in [-0.2, 0) is 18.5 Å². The number of benzene rings is 3. The number of nitrogens with zero attached hydrogens (tertiary/aromatic N) is 1. The Balaban J connectivity index is 1.69. The number of methoxy groups -OCH3 is 2. The van der Waals surface area contributed by atoms with Gasteiger partial charge in [0, 0.05) is 35.6 Å². The van der Waals surface area contributed by atoms with E-state index in [1.54, 1.807) is 14.2 Å². The van der Waals surface area contributed by atoms with E-state index in [0.717, 1.165) is 28.0 Å². The number of aromatic nitrogens is 1. The van der Waals surface area contributed by atoms with Crippen LogP contribution in [0, 0.1) is 0 Å². The lowest BCUT2D eigenvalue weighted by atomic mass is 9.86. The number of rotatable bonds is 8. The van der Waals surface area contributed by atoms with Gasteiger partial charge in [-0.25, -0.2) is 0 Å². The second kappa shape index (κ2) is 10.6. The Morgan fingerprint density at radius 2 is 1.47 bits per heavy atom. The van der Waals surface area contributed by atoms with E-state index in [2.05, 4.69) is 74.0 Å². The molecule has 36 heavy (non-hydrogen) atoms. The van der Waals surface area contributed by atoms with E-state index in [9.17, 15) is 4.79 Å². The van der Waals surface area contributed by atoms with Crippen LogP contribution >= 0.6 is 0 Å². The Bertz CT molecular complexity index is 1370. The standard InChI is InChI=1S/C31H36N2O3/c1-21(23-9-13-27(35-5)14-10-23)33(19-22-7-11-26(12-8-22)31(2,3)4)20-25-17-24-18-28(36-6)15-16-29(24)32-30(25)34/h7-18,21H,19-20H2,1-6H3,(H,32,34)/t21-/m0/s1. The van der Waals surface area contributed by atoms with Crippen LogP contribution in [0.25, 0.3) is 10.9 Å². The van der Waals surface area contributed by atoms with Gasteiger partial charge in [-0.05, 0) is 65.4 Å². The third kappa shape index (κ3) is 5.80. The van der Waals surface area contributed by atoms with Crippen LogP contribution in [0.5, 0.6) is 11.5 Å². The molecule has 1 aromatic heterocycles. The van der Waals surface area contributed by atoms with E-state index in [1.807, 2.05) is 36.4 Å². The van der Waals surface area contributed by atoms with Crippen molar-refractivity contribution in [2.45, 2.75) is 52.2 Å². The van der Waals surface area contributed by atoms with Crippen molar-refractivity contribution in [2.75, 3.05) is 14.2 Å². The highest BCUT2D eigenvalue weighted by Crippen LogP contribution is 2.28. The molecule has 0 amide bonds. The maximum Gasteiger partial charge on any atom is 0.252 e. The van der Waals surface area contributed by atoms with Gasteiger partial charge in [0.15, 0.2) is 0 Å². The molecule has 0 aliphatic carbocycles. The first-order valence-corrected chi connectivity index (χ1v) is 12.4. The van der Waals surface area contributed by atoms with E-state index in [4.69, 9.17) is 9.47 Å². The molecule has 0 saturated heterocycles. The van der Waals surface area contributed by atoms with Crippen LogP contribution in [0.2, 0.25) is 0 Å². The lowest BCUT2D eigenvalue weighted by Crippen LogP contribution is -2.29. The second-order valence-electron chi connectivity index (χ2n) is 10.4. The summed E-state index contributed by atoms with van der Waals surface area (Å²) in [5.41, 5.74) is 5.25. The highest BCUT2D eigenvalue weighted by molar-refractivity contribution is 5.80. The van der Waals surface area contributed by atoms with E-state index in [1.165, 1.54) is 16.7 Å². The molecular formula is C31H36N2O3. The number of nitrogens with one attached hydrogen (secondary N) is 1. The summed E-state index contributed by atoms with van der Waals surface area (Å²) >= 11 is 0. The molecule has 3 aromatic carbocycles. The van der Waals surface area contributed by atoms with Crippen LogP contribution in [0.4, 0.5) is 0 Å². The highest BCUT2D eigenvalue weighted by Gasteiger charge is 2.20. The second-order valence-corrected chi connectivity index (χ2v) is 10.4.